The molecule has 0 radical (unpaired) electrons. The van der Waals surface area contributed by atoms with Crippen LogP contribution in [-0.4, -0.2) is 41.8 Å². The Morgan fingerprint density at radius 3 is 2.62 bits per heavy atom. The van der Waals surface area contributed by atoms with Crippen molar-refractivity contribution in [3.05, 3.63) is 35.6 Å². The molecule has 1 aromatic rings. The number of aliphatic hydroxyl groups is 1. The first-order valence-electron chi connectivity index (χ1n) is 8.97. The Kier molecular flexibility index (Phi) is 5.09. The van der Waals surface area contributed by atoms with Crippen LogP contribution in [0.3, 0.4) is 0 Å². The molecule has 5 heteroatoms. The number of carbonyl (C=O) groups excluding carboxylic acids is 1. The average Bonchev–Trinajstić information content (AvgIpc) is 3.23. The number of urea groups is 1. The summed E-state index contributed by atoms with van der Waals surface area (Å²) in [6, 6.07) is 6.67. The molecule has 3 rings (SSSR count). The fraction of sp³-hybridized carbons (Fsp3) is 0.632. The van der Waals surface area contributed by atoms with E-state index in [1.165, 1.54) is 12.1 Å². The highest BCUT2D eigenvalue weighted by Crippen LogP contribution is 2.40. The SMILES string of the molecule is C[C@H](O)[C@H]1CCN(C(=O)NCC2(c3ccc(F)cc3)CCCC2)C1. The summed E-state index contributed by atoms with van der Waals surface area (Å²) in [5, 5.41) is 12.8. The number of rotatable bonds is 4. The van der Waals surface area contributed by atoms with Crippen molar-refractivity contribution in [3.8, 4) is 0 Å². The minimum Gasteiger partial charge on any atom is -0.393 e. The van der Waals surface area contributed by atoms with Crippen molar-refractivity contribution in [1.82, 2.24) is 10.2 Å². The number of halogens is 1. The summed E-state index contributed by atoms with van der Waals surface area (Å²) < 4.78 is 13.2. The van der Waals surface area contributed by atoms with Crippen molar-refractivity contribution in [2.75, 3.05) is 19.6 Å². The third-order valence-electron chi connectivity index (χ3n) is 5.79. The zero-order valence-electron chi connectivity index (χ0n) is 14.3. The number of nitrogens with one attached hydrogen (secondary N) is 1. The lowest BCUT2D eigenvalue weighted by molar-refractivity contribution is 0.129. The largest absolute Gasteiger partial charge is 0.393 e. The van der Waals surface area contributed by atoms with E-state index >= 15 is 0 Å². The lowest BCUT2D eigenvalue weighted by atomic mass is 9.79. The molecule has 2 fully saturated rings. The molecule has 0 aromatic heterocycles. The van der Waals surface area contributed by atoms with Crippen LogP contribution in [0.25, 0.3) is 0 Å². The van der Waals surface area contributed by atoms with Crippen molar-refractivity contribution in [2.24, 2.45) is 5.92 Å². The van der Waals surface area contributed by atoms with Gasteiger partial charge in [0.2, 0.25) is 0 Å². The molecular formula is C19H27FN2O2. The van der Waals surface area contributed by atoms with Crippen LogP contribution in [0.1, 0.15) is 44.6 Å². The summed E-state index contributed by atoms with van der Waals surface area (Å²) >= 11 is 0. The van der Waals surface area contributed by atoms with E-state index in [0.717, 1.165) is 37.7 Å². The normalized spacial score (nSPS) is 24.1. The summed E-state index contributed by atoms with van der Waals surface area (Å²) in [4.78, 5) is 14.3. The molecular weight excluding hydrogens is 307 g/mol. The maximum atomic E-state index is 13.2. The Hall–Kier alpha value is -1.62. The van der Waals surface area contributed by atoms with Gasteiger partial charge in [0.25, 0.3) is 0 Å². The lowest BCUT2D eigenvalue weighted by Crippen LogP contribution is -2.45. The van der Waals surface area contributed by atoms with Gasteiger partial charge in [-0.2, -0.15) is 0 Å². The van der Waals surface area contributed by atoms with Crippen LogP contribution in [-0.2, 0) is 5.41 Å². The summed E-state index contributed by atoms with van der Waals surface area (Å²) in [7, 11) is 0. The van der Waals surface area contributed by atoms with E-state index in [9.17, 15) is 14.3 Å². The quantitative estimate of drug-likeness (QED) is 0.889. The minimum absolute atomic E-state index is 0.0495. The number of hydrogen-bond acceptors (Lipinski definition) is 2. The zero-order chi connectivity index (χ0) is 17.2. The minimum atomic E-state index is -0.372. The Balaban J connectivity index is 1.63. The van der Waals surface area contributed by atoms with E-state index in [0.29, 0.717) is 19.6 Å². The molecule has 24 heavy (non-hydrogen) atoms. The van der Waals surface area contributed by atoms with E-state index < -0.39 is 0 Å². The topological polar surface area (TPSA) is 52.6 Å². The molecule has 0 spiro atoms. The van der Waals surface area contributed by atoms with E-state index in [1.807, 2.05) is 12.1 Å². The van der Waals surface area contributed by atoms with E-state index in [4.69, 9.17) is 0 Å². The molecule has 2 atom stereocenters. The van der Waals surface area contributed by atoms with Crippen LogP contribution in [0.2, 0.25) is 0 Å². The first-order chi connectivity index (χ1) is 11.5. The van der Waals surface area contributed by atoms with Gasteiger partial charge in [0.15, 0.2) is 0 Å². The van der Waals surface area contributed by atoms with Gasteiger partial charge >= 0.3 is 6.03 Å². The third-order valence-corrected chi connectivity index (χ3v) is 5.79. The molecule has 1 aromatic carbocycles. The zero-order valence-corrected chi connectivity index (χ0v) is 14.3. The molecule has 1 saturated carbocycles. The number of amides is 2. The van der Waals surface area contributed by atoms with E-state index in [-0.39, 0.29) is 29.3 Å². The second-order valence-electron chi connectivity index (χ2n) is 7.39. The van der Waals surface area contributed by atoms with Gasteiger partial charge in [0.05, 0.1) is 6.10 Å². The summed E-state index contributed by atoms with van der Waals surface area (Å²) in [6.45, 7) is 3.69. The molecule has 1 aliphatic heterocycles. The smallest absolute Gasteiger partial charge is 0.317 e. The van der Waals surface area contributed by atoms with Gasteiger partial charge in [-0.05, 0) is 43.9 Å². The summed E-state index contributed by atoms with van der Waals surface area (Å²) in [5.41, 5.74) is 1.04. The second kappa shape index (κ2) is 7.09. The number of nitrogens with zero attached hydrogens (tertiary/aromatic N) is 1. The number of carbonyl (C=O) groups is 1. The van der Waals surface area contributed by atoms with Crippen LogP contribution in [0.15, 0.2) is 24.3 Å². The molecule has 2 N–H and O–H groups in total. The second-order valence-corrected chi connectivity index (χ2v) is 7.39. The van der Waals surface area contributed by atoms with Gasteiger partial charge in [-0.1, -0.05) is 25.0 Å². The van der Waals surface area contributed by atoms with Gasteiger partial charge in [0.1, 0.15) is 5.82 Å². The summed E-state index contributed by atoms with van der Waals surface area (Å²) in [5.74, 6) is -0.0505. The van der Waals surface area contributed by atoms with Crippen molar-refractivity contribution < 1.29 is 14.3 Å². The number of benzene rings is 1. The highest BCUT2D eigenvalue weighted by atomic mass is 19.1. The fourth-order valence-corrected chi connectivity index (χ4v) is 4.14. The monoisotopic (exact) mass is 334 g/mol. The maximum absolute atomic E-state index is 13.2. The van der Waals surface area contributed by atoms with Crippen molar-refractivity contribution in [3.63, 3.8) is 0 Å². The maximum Gasteiger partial charge on any atom is 0.317 e. The average molecular weight is 334 g/mol. The molecule has 2 aliphatic rings. The molecule has 2 amide bonds. The number of hydrogen-bond donors (Lipinski definition) is 2. The Bertz CT molecular complexity index is 567. The van der Waals surface area contributed by atoms with Gasteiger partial charge < -0.3 is 15.3 Å². The molecule has 1 aliphatic carbocycles. The highest BCUT2D eigenvalue weighted by Gasteiger charge is 2.37. The lowest BCUT2D eigenvalue weighted by Gasteiger charge is -2.31. The predicted octanol–water partition coefficient (Wildman–Crippen LogP) is 3.05. The Morgan fingerprint density at radius 2 is 2.04 bits per heavy atom. The fourth-order valence-electron chi connectivity index (χ4n) is 4.14. The molecule has 132 valence electrons. The molecule has 0 bridgehead atoms. The van der Waals surface area contributed by atoms with Crippen LogP contribution < -0.4 is 5.32 Å². The number of aliphatic hydroxyl groups excluding tert-OH is 1. The van der Waals surface area contributed by atoms with Crippen molar-refractivity contribution in [2.45, 2.75) is 50.5 Å². The molecule has 1 saturated heterocycles. The number of likely N-dealkylation sites (tertiary alicyclic amines) is 1. The van der Waals surface area contributed by atoms with Crippen LogP contribution in [0.5, 0.6) is 0 Å². The summed E-state index contributed by atoms with van der Waals surface area (Å²) in [6.07, 6.45) is 4.81. The molecule has 0 unspecified atom stereocenters. The molecule has 4 nitrogen and oxygen atoms in total. The van der Waals surface area contributed by atoms with Gasteiger partial charge in [-0.3, -0.25) is 0 Å². The predicted molar refractivity (Wildman–Crippen MR) is 91.3 cm³/mol. The highest BCUT2D eigenvalue weighted by molar-refractivity contribution is 5.74. The third kappa shape index (κ3) is 3.56. The van der Waals surface area contributed by atoms with E-state index in [1.54, 1.807) is 11.8 Å². The standard InChI is InChI=1S/C19H27FN2O2/c1-14(23)15-8-11-22(12-15)18(24)21-13-19(9-2-3-10-19)16-4-6-17(20)7-5-16/h4-7,14-15,23H,2-3,8-13H2,1H3,(H,21,24)/t14-,15-/m0/s1. The van der Waals surface area contributed by atoms with Crippen LogP contribution >= 0.6 is 0 Å². The van der Waals surface area contributed by atoms with Gasteiger partial charge in [-0.15, -0.1) is 0 Å². The van der Waals surface area contributed by atoms with E-state index in [2.05, 4.69) is 5.32 Å². The van der Waals surface area contributed by atoms with Gasteiger partial charge in [-0.25, -0.2) is 9.18 Å². The van der Waals surface area contributed by atoms with Crippen LogP contribution in [0.4, 0.5) is 9.18 Å². The van der Waals surface area contributed by atoms with Crippen LogP contribution in [0, 0.1) is 11.7 Å². The van der Waals surface area contributed by atoms with Gasteiger partial charge in [0, 0.05) is 31.0 Å². The van der Waals surface area contributed by atoms with Crippen molar-refractivity contribution in [1.29, 1.82) is 0 Å². The first-order valence-corrected chi connectivity index (χ1v) is 8.97. The Morgan fingerprint density at radius 1 is 1.38 bits per heavy atom. The molecule has 1 heterocycles. The Labute approximate surface area is 143 Å². The van der Waals surface area contributed by atoms with Crippen molar-refractivity contribution >= 4 is 6.03 Å². The first kappa shape index (κ1) is 17.2.